The Balaban J connectivity index is 2.08. The molecule has 11 heavy (non-hydrogen) atoms. The molecule has 2 nitrogen and oxygen atoms in total. The van der Waals surface area contributed by atoms with Crippen LogP contribution in [-0.2, 0) is 0 Å². The summed E-state index contributed by atoms with van der Waals surface area (Å²) in [6.07, 6.45) is 3.71. The van der Waals surface area contributed by atoms with Gasteiger partial charge in [0.1, 0.15) is 0 Å². The standard InChI is InChI=1S/C9H19NO/c1-7-3-4-9(5-7)10-6-8(2)11/h7-11H,3-6H2,1-2H3/t7-,8+,9+/m0/s1. The predicted octanol–water partition coefficient (Wildman–Crippen LogP) is 1.15. The minimum atomic E-state index is -0.203. The second kappa shape index (κ2) is 4.07. The summed E-state index contributed by atoms with van der Waals surface area (Å²) in [5.74, 6) is 0.876. The van der Waals surface area contributed by atoms with E-state index in [9.17, 15) is 0 Å². The largest absolute Gasteiger partial charge is 0.392 e. The Bertz CT molecular complexity index is 114. The minimum Gasteiger partial charge on any atom is -0.392 e. The molecule has 66 valence electrons. The van der Waals surface area contributed by atoms with Gasteiger partial charge in [0.15, 0.2) is 0 Å². The van der Waals surface area contributed by atoms with Crippen molar-refractivity contribution in [3.05, 3.63) is 0 Å². The molecule has 2 N–H and O–H groups in total. The first-order valence-electron chi connectivity index (χ1n) is 4.60. The van der Waals surface area contributed by atoms with E-state index in [1.807, 2.05) is 6.92 Å². The van der Waals surface area contributed by atoms with Crippen LogP contribution >= 0.6 is 0 Å². The lowest BCUT2D eigenvalue weighted by Crippen LogP contribution is -2.32. The highest BCUT2D eigenvalue weighted by molar-refractivity contribution is 4.78. The highest BCUT2D eigenvalue weighted by Crippen LogP contribution is 2.24. The Morgan fingerprint density at radius 2 is 2.27 bits per heavy atom. The maximum Gasteiger partial charge on any atom is 0.0636 e. The highest BCUT2D eigenvalue weighted by Gasteiger charge is 2.20. The Morgan fingerprint density at radius 3 is 2.73 bits per heavy atom. The van der Waals surface area contributed by atoms with Crippen LogP contribution in [0.5, 0.6) is 0 Å². The van der Waals surface area contributed by atoms with Crippen LogP contribution in [-0.4, -0.2) is 23.8 Å². The van der Waals surface area contributed by atoms with Crippen molar-refractivity contribution < 1.29 is 5.11 Å². The molecule has 0 aromatic carbocycles. The number of nitrogens with one attached hydrogen (secondary N) is 1. The fourth-order valence-electron chi connectivity index (χ4n) is 1.73. The van der Waals surface area contributed by atoms with Crippen molar-refractivity contribution in [2.45, 2.75) is 45.3 Å². The third kappa shape index (κ3) is 3.21. The van der Waals surface area contributed by atoms with Gasteiger partial charge in [-0.3, -0.25) is 0 Å². The average molecular weight is 157 g/mol. The normalized spacial score (nSPS) is 34.1. The van der Waals surface area contributed by atoms with Crippen LogP contribution in [0.3, 0.4) is 0 Å². The molecule has 0 unspecified atom stereocenters. The molecule has 0 radical (unpaired) electrons. The number of hydrogen-bond donors (Lipinski definition) is 2. The Labute approximate surface area is 69.0 Å². The van der Waals surface area contributed by atoms with Gasteiger partial charge in [-0.15, -0.1) is 0 Å². The molecule has 2 heteroatoms. The summed E-state index contributed by atoms with van der Waals surface area (Å²) < 4.78 is 0. The van der Waals surface area contributed by atoms with Crippen molar-refractivity contribution >= 4 is 0 Å². The van der Waals surface area contributed by atoms with E-state index in [2.05, 4.69) is 12.2 Å². The number of rotatable bonds is 3. The van der Waals surface area contributed by atoms with Gasteiger partial charge >= 0.3 is 0 Å². The number of aliphatic hydroxyl groups excluding tert-OH is 1. The van der Waals surface area contributed by atoms with E-state index in [1.54, 1.807) is 0 Å². The van der Waals surface area contributed by atoms with Crippen LogP contribution in [0.4, 0.5) is 0 Å². The molecule has 1 saturated carbocycles. The molecule has 3 atom stereocenters. The zero-order chi connectivity index (χ0) is 8.27. The van der Waals surface area contributed by atoms with E-state index >= 15 is 0 Å². The van der Waals surface area contributed by atoms with Crippen LogP contribution in [0, 0.1) is 5.92 Å². The lowest BCUT2D eigenvalue weighted by atomic mass is 10.1. The van der Waals surface area contributed by atoms with Crippen LogP contribution in [0.1, 0.15) is 33.1 Å². The Kier molecular flexibility index (Phi) is 3.34. The van der Waals surface area contributed by atoms with E-state index in [0.717, 1.165) is 12.5 Å². The summed E-state index contributed by atoms with van der Waals surface area (Å²) in [4.78, 5) is 0. The third-order valence-corrected chi connectivity index (χ3v) is 2.40. The second-order valence-corrected chi connectivity index (χ2v) is 3.87. The van der Waals surface area contributed by atoms with E-state index in [-0.39, 0.29) is 6.10 Å². The van der Waals surface area contributed by atoms with Crippen LogP contribution < -0.4 is 5.32 Å². The summed E-state index contributed by atoms with van der Waals surface area (Å²) in [6, 6.07) is 0.666. The summed E-state index contributed by atoms with van der Waals surface area (Å²) in [5.41, 5.74) is 0. The molecular weight excluding hydrogens is 138 g/mol. The molecular formula is C9H19NO. The molecule has 0 aliphatic heterocycles. The first kappa shape index (κ1) is 9.01. The van der Waals surface area contributed by atoms with Crippen LogP contribution in [0.15, 0.2) is 0 Å². The summed E-state index contributed by atoms with van der Waals surface area (Å²) in [6.45, 7) is 4.87. The van der Waals surface area contributed by atoms with Crippen molar-refractivity contribution in [2.24, 2.45) is 5.92 Å². The molecule has 0 bridgehead atoms. The van der Waals surface area contributed by atoms with E-state index in [1.165, 1.54) is 19.3 Å². The van der Waals surface area contributed by atoms with Crippen LogP contribution in [0.25, 0.3) is 0 Å². The van der Waals surface area contributed by atoms with E-state index in [4.69, 9.17) is 5.11 Å². The SMILES string of the molecule is C[C@H]1CC[C@@H](NC[C@@H](C)O)C1. The average Bonchev–Trinajstić information content (AvgIpc) is 2.31. The molecule has 1 fully saturated rings. The molecule has 0 heterocycles. The maximum absolute atomic E-state index is 9.02. The van der Waals surface area contributed by atoms with E-state index in [0.29, 0.717) is 6.04 Å². The van der Waals surface area contributed by atoms with Crippen LogP contribution in [0.2, 0.25) is 0 Å². The van der Waals surface area contributed by atoms with Crippen molar-refractivity contribution in [2.75, 3.05) is 6.54 Å². The van der Waals surface area contributed by atoms with Gasteiger partial charge in [-0.2, -0.15) is 0 Å². The smallest absolute Gasteiger partial charge is 0.0636 e. The van der Waals surface area contributed by atoms with Crippen molar-refractivity contribution in [3.63, 3.8) is 0 Å². The second-order valence-electron chi connectivity index (χ2n) is 3.87. The quantitative estimate of drug-likeness (QED) is 0.644. The van der Waals surface area contributed by atoms with Gasteiger partial charge in [0.2, 0.25) is 0 Å². The first-order chi connectivity index (χ1) is 5.18. The van der Waals surface area contributed by atoms with Gasteiger partial charge < -0.3 is 10.4 Å². The van der Waals surface area contributed by atoms with Crippen molar-refractivity contribution in [1.29, 1.82) is 0 Å². The molecule has 0 spiro atoms. The molecule has 1 aliphatic carbocycles. The predicted molar refractivity (Wildman–Crippen MR) is 46.5 cm³/mol. The van der Waals surface area contributed by atoms with E-state index < -0.39 is 0 Å². The lowest BCUT2D eigenvalue weighted by molar-refractivity contribution is 0.186. The molecule has 1 aliphatic rings. The molecule has 0 saturated heterocycles. The fourth-order valence-corrected chi connectivity index (χ4v) is 1.73. The monoisotopic (exact) mass is 157 g/mol. The Morgan fingerprint density at radius 1 is 1.55 bits per heavy atom. The first-order valence-corrected chi connectivity index (χ1v) is 4.60. The summed E-state index contributed by atoms with van der Waals surface area (Å²) in [7, 11) is 0. The zero-order valence-corrected chi connectivity index (χ0v) is 7.51. The minimum absolute atomic E-state index is 0.203. The van der Waals surface area contributed by atoms with Gasteiger partial charge in [-0.05, 0) is 32.1 Å². The van der Waals surface area contributed by atoms with Gasteiger partial charge in [0.05, 0.1) is 6.10 Å². The lowest BCUT2D eigenvalue weighted by Gasteiger charge is -2.13. The van der Waals surface area contributed by atoms with Gasteiger partial charge in [-0.25, -0.2) is 0 Å². The molecule has 0 aromatic rings. The molecule has 0 aromatic heterocycles. The van der Waals surface area contributed by atoms with Gasteiger partial charge in [-0.1, -0.05) is 6.92 Å². The highest BCUT2D eigenvalue weighted by atomic mass is 16.3. The number of aliphatic hydroxyl groups is 1. The summed E-state index contributed by atoms with van der Waals surface area (Å²) >= 11 is 0. The third-order valence-electron chi connectivity index (χ3n) is 2.40. The van der Waals surface area contributed by atoms with Crippen molar-refractivity contribution in [1.82, 2.24) is 5.32 Å². The van der Waals surface area contributed by atoms with Crippen molar-refractivity contribution in [3.8, 4) is 0 Å². The fraction of sp³-hybridized carbons (Fsp3) is 1.00. The van der Waals surface area contributed by atoms with Gasteiger partial charge in [0.25, 0.3) is 0 Å². The Hall–Kier alpha value is -0.0800. The maximum atomic E-state index is 9.02. The zero-order valence-electron chi connectivity index (χ0n) is 7.51. The topological polar surface area (TPSA) is 32.3 Å². The molecule has 0 amide bonds. The van der Waals surface area contributed by atoms with Gasteiger partial charge in [0, 0.05) is 12.6 Å². The number of hydrogen-bond acceptors (Lipinski definition) is 2. The molecule has 1 rings (SSSR count). The summed E-state index contributed by atoms with van der Waals surface area (Å²) in [5, 5.41) is 12.4.